The van der Waals surface area contributed by atoms with Crippen molar-refractivity contribution in [2.75, 3.05) is 37.5 Å². The van der Waals surface area contributed by atoms with Crippen molar-refractivity contribution in [1.29, 1.82) is 0 Å². The predicted octanol–water partition coefficient (Wildman–Crippen LogP) is 4.68. The lowest BCUT2D eigenvalue weighted by Gasteiger charge is -2.23. The number of ether oxygens (including phenoxy) is 2. The predicted molar refractivity (Wildman–Crippen MR) is 166 cm³/mol. The molecule has 6 heterocycles. The van der Waals surface area contributed by atoms with E-state index in [2.05, 4.69) is 27.4 Å². The lowest BCUT2D eigenvalue weighted by molar-refractivity contribution is 0.0982. The second kappa shape index (κ2) is 12.0. The fourth-order valence-corrected chi connectivity index (χ4v) is 9.20. The Morgan fingerprint density at radius 3 is 2.53 bits per heavy atom. The highest BCUT2D eigenvalue weighted by molar-refractivity contribution is 7.99. The first-order valence-corrected chi connectivity index (χ1v) is 17.4. The van der Waals surface area contributed by atoms with Crippen LogP contribution < -0.4 is 10.9 Å². The van der Waals surface area contributed by atoms with E-state index in [9.17, 15) is 13.2 Å². The zero-order valence-electron chi connectivity index (χ0n) is 23.7. The van der Waals surface area contributed by atoms with Crippen LogP contribution in [0.1, 0.15) is 55.4 Å². The number of anilines is 2. The molecule has 3 saturated heterocycles. The molecule has 13 heteroatoms. The Kier molecular flexibility index (Phi) is 7.97. The Hall–Kier alpha value is -3.26. The molecule has 11 nitrogen and oxygen atoms in total. The fraction of sp³-hybridized carbons (Fsp3) is 0.467. The molecule has 4 aromatic rings. The van der Waals surface area contributed by atoms with E-state index in [1.165, 1.54) is 43.0 Å². The lowest BCUT2D eigenvalue weighted by Crippen LogP contribution is -2.34. The number of thioether (sulfide) groups is 1. The first-order chi connectivity index (χ1) is 21.0. The summed E-state index contributed by atoms with van der Waals surface area (Å²) in [6.45, 7) is 1.66. The quantitative estimate of drug-likeness (QED) is 0.310. The molecule has 7 rings (SSSR count). The summed E-state index contributed by atoms with van der Waals surface area (Å²) in [7, 11) is -3.79. The summed E-state index contributed by atoms with van der Waals surface area (Å²) < 4.78 is 41.0. The van der Waals surface area contributed by atoms with Crippen LogP contribution in [0.5, 0.6) is 0 Å². The first kappa shape index (κ1) is 28.5. The number of pyridine rings is 1. The number of fused-ring (bicyclic) bond motifs is 1. The summed E-state index contributed by atoms with van der Waals surface area (Å²) in [5.74, 6) is 1.67. The van der Waals surface area contributed by atoms with Gasteiger partial charge in [0.05, 0.1) is 23.5 Å². The van der Waals surface area contributed by atoms with Gasteiger partial charge in [-0.2, -0.15) is 16.7 Å². The number of benzene rings is 1. The summed E-state index contributed by atoms with van der Waals surface area (Å²) >= 11 is 2.02. The number of rotatable bonds is 7. The minimum absolute atomic E-state index is 0.0875. The third kappa shape index (κ3) is 5.59. The van der Waals surface area contributed by atoms with Gasteiger partial charge >= 0.3 is 0 Å². The molecule has 1 N–H and O–H groups in total. The van der Waals surface area contributed by atoms with Crippen LogP contribution in [-0.2, 0) is 19.5 Å². The Morgan fingerprint density at radius 1 is 0.977 bits per heavy atom. The van der Waals surface area contributed by atoms with Crippen LogP contribution in [0.4, 0.5) is 11.6 Å². The van der Waals surface area contributed by atoms with Crippen molar-refractivity contribution in [1.82, 2.24) is 23.5 Å². The van der Waals surface area contributed by atoms with E-state index in [1.807, 2.05) is 23.9 Å². The van der Waals surface area contributed by atoms with Crippen molar-refractivity contribution in [3.8, 4) is 11.4 Å². The van der Waals surface area contributed by atoms with Crippen molar-refractivity contribution in [2.24, 2.45) is 0 Å². The van der Waals surface area contributed by atoms with E-state index in [0.29, 0.717) is 67.9 Å². The number of hydrogen-bond acceptors (Lipinski definition) is 10. The Morgan fingerprint density at radius 2 is 1.79 bits per heavy atom. The van der Waals surface area contributed by atoms with Gasteiger partial charge in [0, 0.05) is 54.7 Å². The number of aromatic nitrogens is 5. The zero-order valence-corrected chi connectivity index (χ0v) is 25.4. The average Bonchev–Trinajstić information content (AvgIpc) is 3.76. The van der Waals surface area contributed by atoms with Crippen LogP contribution in [0.2, 0.25) is 0 Å². The van der Waals surface area contributed by atoms with Crippen molar-refractivity contribution in [3.05, 3.63) is 64.8 Å². The summed E-state index contributed by atoms with van der Waals surface area (Å²) in [6, 6.07) is 9.78. The Bertz CT molecular complexity index is 1770. The van der Waals surface area contributed by atoms with Gasteiger partial charge in [-0.15, -0.1) is 0 Å². The van der Waals surface area contributed by atoms with Crippen LogP contribution in [0, 0.1) is 0 Å². The van der Waals surface area contributed by atoms with Crippen molar-refractivity contribution in [2.45, 2.75) is 55.1 Å². The average molecular weight is 623 g/mol. The maximum atomic E-state index is 14.1. The Labute approximate surface area is 254 Å². The fourth-order valence-electron chi connectivity index (χ4n) is 6.14. The molecule has 1 aromatic carbocycles. The summed E-state index contributed by atoms with van der Waals surface area (Å²) in [4.78, 5) is 27.8. The van der Waals surface area contributed by atoms with E-state index in [4.69, 9.17) is 14.5 Å². The first-order valence-electron chi connectivity index (χ1n) is 14.8. The number of nitrogens with one attached hydrogen (secondary N) is 1. The van der Waals surface area contributed by atoms with Crippen LogP contribution in [-0.4, -0.2) is 69.3 Å². The van der Waals surface area contributed by atoms with Crippen molar-refractivity contribution < 1.29 is 17.9 Å². The number of hydrogen-bond donors (Lipinski definition) is 1. The zero-order chi connectivity index (χ0) is 29.4. The molecule has 0 bridgehead atoms. The van der Waals surface area contributed by atoms with Gasteiger partial charge in [-0.25, -0.2) is 22.4 Å². The van der Waals surface area contributed by atoms with Crippen LogP contribution >= 0.6 is 11.8 Å². The highest BCUT2D eigenvalue weighted by Gasteiger charge is 2.33. The molecule has 0 saturated carbocycles. The van der Waals surface area contributed by atoms with E-state index in [-0.39, 0.29) is 23.0 Å². The monoisotopic (exact) mass is 622 g/mol. The van der Waals surface area contributed by atoms with Gasteiger partial charge in [0.25, 0.3) is 5.56 Å². The topological polar surface area (TPSA) is 130 Å². The normalized spacial score (nSPS) is 21.8. The highest BCUT2D eigenvalue weighted by atomic mass is 32.2. The minimum Gasteiger partial charge on any atom is -0.381 e. The minimum atomic E-state index is -3.79. The summed E-state index contributed by atoms with van der Waals surface area (Å²) in [6.07, 6.45) is 9.69. The smallest absolute Gasteiger partial charge is 0.263 e. The van der Waals surface area contributed by atoms with Crippen LogP contribution in [0.3, 0.4) is 0 Å². The second-order valence-electron chi connectivity index (χ2n) is 11.2. The van der Waals surface area contributed by atoms with Gasteiger partial charge in [-0.1, -0.05) is 18.6 Å². The summed E-state index contributed by atoms with van der Waals surface area (Å²) in [5.41, 5.74) is 2.47. The van der Waals surface area contributed by atoms with Gasteiger partial charge in [-0.3, -0.25) is 9.36 Å². The van der Waals surface area contributed by atoms with Crippen LogP contribution in [0.15, 0.2) is 53.7 Å². The molecule has 0 radical (unpaired) electrons. The Balaban J connectivity index is 1.25. The maximum absolute atomic E-state index is 14.1. The maximum Gasteiger partial charge on any atom is 0.263 e. The molecule has 43 heavy (non-hydrogen) atoms. The standard InChI is InChI=1S/C30H34N6O5S2/c37-29-25(28-31-11-12-35(28)43(38,39)24-9-14-40-15-10-24)17-21-18-32-30(34-27(21)36(29)23-8-13-41-19-23)33-22-6-4-20(5-7-22)26-3-1-2-16-42-26/h4-7,11-12,17-18,23-24,26H,1-3,8-10,13-16,19H2,(H,32,33,34). The SMILES string of the molecule is O=c1c(-c2nccn2S(=O)(=O)C2CCOCC2)cc2cnc(Nc3ccc(C4CCCCS4)cc3)nc2n1C1CCOC1. The van der Waals surface area contributed by atoms with Crippen molar-refractivity contribution >= 4 is 44.5 Å². The molecule has 0 amide bonds. The van der Waals surface area contributed by atoms with E-state index >= 15 is 0 Å². The highest BCUT2D eigenvalue weighted by Crippen LogP contribution is 2.38. The van der Waals surface area contributed by atoms with E-state index in [1.54, 1.807) is 16.8 Å². The molecule has 3 aromatic heterocycles. The molecule has 2 atom stereocenters. The molecule has 3 aliphatic heterocycles. The van der Waals surface area contributed by atoms with Gasteiger partial charge in [0.2, 0.25) is 16.0 Å². The van der Waals surface area contributed by atoms with Crippen LogP contribution in [0.25, 0.3) is 22.4 Å². The summed E-state index contributed by atoms with van der Waals surface area (Å²) in [5, 5.41) is 3.83. The molecule has 226 valence electrons. The van der Waals surface area contributed by atoms with E-state index in [0.717, 1.165) is 9.66 Å². The van der Waals surface area contributed by atoms with Gasteiger partial charge in [0.15, 0.2) is 5.82 Å². The van der Waals surface area contributed by atoms with Gasteiger partial charge in [-0.05, 0) is 61.6 Å². The number of imidazole rings is 1. The molecular formula is C30H34N6O5S2. The molecule has 2 unspecified atom stereocenters. The third-order valence-corrected chi connectivity index (χ3v) is 12.1. The van der Waals surface area contributed by atoms with Crippen molar-refractivity contribution in [3.63, 3.8) is 0 Å². The largest absolute Gasteiger partial charge is 0.381 e. The van der Waals surface area contributed by atoms with Gasteiger partial charge < -0.3 is 14.8 Å². The number of nitrogens with zero attached hydrogens (tertiary/aromatic N) is 5. The molecule has 0 spiro atoms. The van der Waals surface area contributed by atoms with Gasteiger partial charge in [0.1, 0.15) is 5.65 Å². The van der Waals surface area contributed by atoms with E-state index < -0.39 is 15.3 Å². The lowest BCUT2D eigenvalue weighted by atomic mass is 10.1. The second-order valence-corrected chi connectivity index (χ2v) is 14.6. The molecular weight excluding hydrogens is 589 g/mol. The third-order valence-electron chi connectivity index (χ3n) is 8.47. The molecule has 0 aliphatic carbocycles. The molecule has 3 aliphatic rings. The molecule has 3 fully saturated rings.